The third-order valence-corrected chi connectivity index (χ3v) is 5.82. The first-order valence-electron chi connectivity index (χ1n) is 10.9. The lowest BCUT2D eigenvalue weighted by molar-refractivity contribution is -0.134. The Bertz CT molecular complexity index is 1120. The number of esters is 1. The van der Waals surface area contributed by atoms with E-state index in [1.807, 2.05) is 0 Å². The predicted octanol–water partition coefficient (Wildman–Crippen LogP) is -0.450. The van der Waals surface area contributed by atoms with Crippen LogP contribution in [-0.2, 0) is 14.3 Å². The molecule has 12 heteroatoms. The molecule has 1 unspecified atom stereocenters. The van der Waals surface area contributed by atoms with Crippen molar-refractivity contribution in [2.45, 2.75) is 32.4 Å². The van der Waals surface area contributed by atoms with E-state index < -0.39 is 47.3 Å². The standard InChI is InChI=1S/C22H25N5O7/c1-22(2,3)27-18(30)11-4-5-12(20(32)34-21(33)26-8-6-23-7-9-26)14(15(11)19(27)31)16-17(29)25-13(28)10-24-16/h4-5,16,23-24H,6-10H2,1-3H3,(H,25,28,29). The lowest BCUT2D eigenvalue weighted by Gasteiger charge is -2.30. The largest absolute Gasteiger partial charge is 0.417 e. The summed E-state index contributed by atoms with van der Waals surface area (Å²) in [5.41, 5.74) is -1.31. The number of imide groups is 2. The number of hydrogen-bond acceptors (Lipinski definition) is 9. The SMILES string of the molecule is CC(C)(C)N1C(=O)c2ccc(C(=O)OC(=O)N3CCNCC3)c(C3NCC(=O)NC3=O)c2C1=O. The van der Waals surface area contributed by atoms with Crippen molar-refractivity contribution in [1.29, 1.82) is 0 Å². The first-order valence-corrected chi connectivity index (χ1v) is 10.9. The average Bonchev–Trinajstić information content (AvgIpc) is 3.04. The molecular weight excluding hydrogens is 446 g/mol. The molecule has 2 fully saturated rings. The Balaban J connectivity index is 1.78. The van der Waals surface area contributed by atoms with Gasteiger partial charge in [0.25, 0.3) is 11.8 Å². The fourth-order valence-electron chi connectivity index (χ4n) is 4.26. The van der Waals surface area contributed by atoms with Crippen LogP contribution in [-0.4, -0.2) is 83.8 Å². The van der Waals surface area contributed by atoms with E-state index in [4.69, 9.17) is 4.74 Å². The topological polar surface area (TPSA) is 154 Å². The second-order valence-corrected chi connectivity index (χ2v) is 9.18. The van der Waals surface area contributed by atoms with E-state index in [1.54, 1.807) is 20.8 Å². The molecular formula is C22H25N5O7. The van der Waals surface area contributed by atoms with Gasteiger partial charge in [-0.05, 0) is 32.9 Å². The van der Waals surface area contributed by atoms with Crippen molar-refractivity contribution in [1.82, 2.24) is 25.8 Å². The molecule has 1 aromatic rings. The molecule has 1 atom stereocenters. The van der Waals surface area contributed by atoms with Crippen LogP contribution in [0.4, 0.5) is 4.79 Å². The molecule has 34 heavy (non-hydrogen) atoms. The highest BCUT2D eigenvalue weighted by Gasteiger charge is 2.47. The number of benzene rings is 1. The number of amides is 5. The van der Waals surface area contributed by atoms with Crippen molar-refractivity contribution in [3.05, 3.63) is 34.4 Å². The highest BCUT2D eigenvalue weighted by atomic mass is 16.6. The highest BCUT2D eigenvalue weighted by molar-refractivity contribution is 6.24. The van der Waals surface area contributed by atoms with E-state index in [9.17, 15) is 28.8 Å². The summed E-state index contributed by atoms with van der Waals surface area (Å²) in [4.78, 5) is 78.7. The van der Waals surface area contributed by atoms with Crippen LogP contribution in [0.1, 0.15) is 63.5 Å². The molecule has 12 nitrogen and oxygen atoms in total. The van der Waals surface area contributed by atoms with Crippen molar-refractivity contribution in [2.75, 3.05) is 32.7 Å². The molecule has 3 aliphatic rings. The highest BCUT2D eigenvalue weighted by Crippen LogP contribution is 2.36. The number of ether oxygens (including phenoxy) is 1. The molecule has 3 N–H and O–H groups in total. The van der Waals surface area contributed by atoms with Gasteiger partial charge in [0.15, 0.2) is 0 Å². The van der Waals surface area contributed by atoms with Crippen LogP contribution in [0.5, 0.6) is 0 Å². The van der Waals surface area contributed by atoms with Gasteiger partial charge in [0.05, 0.1) is 23.2 Å². The fourth-order valence-corrected chi connectivity index (χ4v) is 4.26. The minimum absolute atomic E-state index is 0.0198. The Morgan fingerprint density at radius 2 is 1.71 bits per heavy atom. The molecule has 0 radical (unpaired) electrons. The molecule has 5 amide bonds. The number of carbonyl (C=O) groups excluding carboxylic acids is 6. The maximum atomic E-state index is 13.4. The van der Waals surface area contributed by atoms with Gasteiger partial charge in [0.1, 0.15) is 6.04 Å². The molecule has 0 bridgehead atoms. The van der Waals surface area contributed by atoms with Gasteiger partial charge < -0.3 is 15.0 Å². The fraction of sp³-hybridized carbons (Fsp3) is 0.455. The molecule has 0 spiro atoms. The van der Waals surface area contributed by atoms with Gasteiger partial charge in [-0.3, -0.25) is 34.7 Å². The molecule has 3 heterocycles. The van der Waals surface area contributed by atoms with Crippen LogP contribution < -0.4 is 16.0 Å². The predicted molar refractivity (Wildman–Crippen MR) is 116 cm³/mol. The molecule has 2 saturated heterocycles. The normalized spacial score (nSPS) is 20.9. The molecule has 3 aliphatic heterocycles. The molecule has 180 valence electrons. The molecule has 0 saturated carbocycles. The minimum atomic E-state index is -1.29. The van der Waals surface area contributed by atoms with Crippen molar-refractivity contribution < 1.29 is 33.5 Å². The van der Waals surface area contributed by atoms with Crippen molar-refractivity contribution in [3.8, 4) is 0 Å². The van der Waals surface area contributed by atoms with Crippen LogP contribution in [0.15, 0.2) is 12.1 Å². The van der Waals surface area contributed by atoms with Gasteiger partial charge in [-0.1, -0.05) is 0 Å². The molecule has 4 rings (SSSR count). The third kappa shape index (κ3) is 4.05. The number of piperazine rings is 2. The first-order chi connectivity index (χ1) is 16.0. The smallest absolute Gasteiger partial charge is 0.372 e. The number of rotatable bonds is 2. The van der Waals surface area contributed by atoms with E-state index in [0.717, 1.165) is 4.90 Å². The van der Waals surface area contributed by atoms with E-state index in [1.165, 1.54) is 17.0 Å². The number of nitrogens with zero attached hydrogens (tertiary/aromatic N) is 2. The lowest BCUT2D eigenvalue weighted by atomic mass is 9.90. The van der Waals surface area contributed by atoms with Crippen molar-refractivity contribution in [2.24, 2.45) is 0 Å². The van der Waals surface area contributed by atoms with Gasteiger partial charge in [0.2, 0.25) is 11.8 Å². The summed E-state index contributed by atoms with van der Waals surface area (Å²) >= 11 is 0. The lowest BCUT2D eigenvalue weighted by Crippen LogP contribution is -2.52. The van der Waals surface area contributed by atoms with E-state index in [2.05, 4.69) is 16.0 Å². The van der Waals surface area contributed by atoms with Gasteiger partial charge >= 0.3 is 12.1 Å². The van der Waals surface area contributed by atoms with E-state index >= 15 is 0 Å². The van der Waals surface area contributed by atoms with E-state index in [-0.39, 0.29) is 28.8 Å². The van der Waals surface area contributed by atoms with Crippen molar-refractivity contribution >= 4 is 35.7 Å². The van der Waals surface area contributed by atoms with Crippen LogP contribution in [0.2, 0.25) is 0 Å². The molecule has 0 aromatic heterocycles. The summed E-state index contributed by atoms with van der Waals surface area (Å²) in [7, 11) is 0. The maximum Gasteiger partial charge on any atom is 0.417 e. The Morgan fingerprint density at radius 1 is 1.03 bits per heavy atom. The number of carbonyl (C=O) groups is 6. The van der Waals surface area contributed by atoms with Crippen LogP contribution in [0.25, 0.3) is 0 Å². The van der Waals surface area contributed by atoms with Crippen LogP contribution >= 0.6 is 0 Å². The Labute approximate surface area is 195 Å². The zero-order chi connectivity index (χ0) is 24.8. The first kappa shape index (κ1) is 23.5. The average molecular weight is 471 g/mol. The van der Waals surface area contributed by atoms with Crippen LogP contribution in [0.3, 0.4) is 0 Å². The summed E-state index contributed by atoms with van der Waals surface area (Å²) < 4.78 is 5.06. The Hall–Kier alpha value is -3.64. The monoisotopic (exact) mass is 471 g/mol. The van der Waals surface area contributed by atoms with Gasteiger partial charge in [-0.25, -0.2) is 9.59 Å². The van der Waals surface area contributed by atoms with Crippen molar-refractivity contribution in [3.63, 3.8) is 0 Å². The van der Waals surface area contributed by atoms with Gasteiger partial charge in [-0.2, -0.15) is 0 Å². The van der Waals surface area contributed by atoms with Gasteiger partial charge in [-0.15, -0.1) is 0 Å². The third-order valence-electron chi connectivity index (χ3n) is 5.82. The summed E-state index contributed by atoms with van der Waals surface area (Å²) in [5, 5.41) is 7.95. The second kappa shape index (κ2) is 8.61. The quantitative estimate of drug-likeness (QED) is 0.296. The summed E-state index contributed by atoms with van der Waals surface area (Å²) in [6.45, 7) is 6.59. The number of hydrogen-bond donors (Lipinski definition) is 3. The Morgan fingerprint density at radius 3 is 2.32 bits per heavy atom. The minimum Gasteiger partial charge on any atom is -0.372 e. The van der Waals surface area contributed by atoms with Crippen LogP contribution in [0, 0.1) is 0 Å². The summed E-state index contributed by atoms with van der Waals surface area (Å²) in [6.07, 6.45) is -0.854. The number of nitrogens with one attached hydrogen (secondary N) is 3. The zero-order valence-corrected chi connectivity index (χ0v) is 19.0. The summed E-state index contributed by atoms with van der Waals surface area (Å²) in [5.74, 6) is -3.69. The molecule has 1 aromatic carbocycles. The Kier molecular flexibility index (Phi) is 5.96. The van der Waals surface area contributed by atoms with E-state index in [0.29, 0.717) is 26.2 Å². The van der Waals surface area contributed by atoms with Gasteiger partial charge in [0, 0.05) is 37.3 Å². The summed E-state index contributed by atoms with van der Waals surface area (Å²) in [6, 6.07) is 1.27. The zero-order valence-electron chi connectivity index (χ0n) is 19.0. The second-order valence-electron chi connectivity index (χ2n) is 9.18. The maximum absolute atomic E-state index is 13.4. The number of fused-ring (bicyclic) bond motifs is 1. The molecule has 0 aliphatic carbocycles.